The van der Waals surface area contributed by atoms with Crippen LogP contribution in [0, 0.1) is 6.92 Å². The Morgan fingerprint density at radius 3 is 2.51 bits per heavy atom. The molecular formula is C27H31N7O3. The fourth-order valence-corrected chi connectivity index (χ4v) is 4.79. The summed E-state index contributed by atoms with van der Waals surface area (Å²) in [6.45, 7) is 4.20. The Morgan fingerprint density at radius 2 is 1.78 bits per heavy atom. The van der Waals surface area contributed by atoms with Crippen LogP contribution in [0.3, 0.4) is 0 Å². The molecule has 0 radical (unpaired) electrons. The topological polar surface area (TPSA) is 107 Å². The minimum Gasteiger partial charge on any atom is -0.356 e. The molecule has 0 unspecified atom stereocenters. The number of likely N-dealkylation sites (tertiary alicyclic amines) is 1. The zero-order valence-corrected chi connectivity index (χ0v) is 21.0. The molecule has 3 aromatic heterocycles. The molecule has 0 saturated carbocycles. The minimum absolute atomic E-state index is 0.0662. The maximum Gasteiger partial charge on any atom is 0.280 e. The summed E-state index contributed by atoms with van der Waals surface area (Å²) in [6.07, 6.45) is 6.84. The number of hydrogen-bond acceptors (Lipinski definition) is 5. The molecule has 0 atom stereocenters. The number of rotatable bonds is 10. The SMILES string of the molecule is Cc1nn(CCCC(=O)NCCCN2CCCC2=O)c(=O)c2c(-n3cccc3)n(-c3ccccc3)nc12. The number of fused-ring (bicyclic) bond motifs is 1. The van der Waals surface area contributed by atoms with E-state index in [0.717, 1.165) is 25.1 Å². The summed E-state index contributed by atoms with van der Waals surface area (Å²) >= 11 is 0. The first-order chi connectivity index (χ1) is 18.0. The Morgan fingerprint density at radius 1 is 1.00 bits per heavy atom. The average molecular weight is 502 g/mol. The quantitative estimate of drug-likeness (QED) is 0.336. The molecule has 1 fully saturated rings. The van der Waals surface area contributed by atoms with Gasteiger partial charge in [0, 0.05) is 51.4 Å². The molecular weight excluding hydrogens is 470 g/mol. The van der Waals surface area contributed by atoms with Crippen molar-refractivity contribution in [2.75, 3.05) is 19.6 Å². The van der Waals surface area contributed by atoms with Gasteiger partial charge >= 0.3 is 0 Å². The van der Waals surface area contributed by atoms with Crippen molar-refractivity contribution in [2.45, 2.75) is 45.6 Å². The van der Waals surface area contributed by atoms with Crippen LogP contribution in [0.4, 0.5) is 0 Å². The molecule has 1 aliphatic rings. The summed E-state index contributed by atoms with van der Waals surface area (Å²) < 4.78 is 5.10. The lowest BCUT2D eigenvalue weighted by Crippen LogP contribution is -2.31. The van der Waals surface area contributed by atoms with Gasteiger partial charge < -0.3 is 14.8 Å². The third-order valence-corrected chi connectivity index (χ3v) is 6.64. The number of nitrogens with zero attached hydrogens (tertiary/aromatic N) is 6. The van der Waals surface area contributed by atoms with E-state index in [0.29, 0.717) is 61.3 Å². The fraction of sp³-hybridized carbons (Fsp3) is 0.370. The van der Waals surface area contributed by atoms with Crippen LogP contribution in [0.15, 0.2) is 59.7 Å². The second kappa shape index (κ2) is 10.8. The summed E-state index contributed by atoms with van der Waals surface area (Å²) in [6, 6.07) is 13.5. The zero-order chi connectivity index (χ0) is 25.8. The molecule has 5 rings (SSSR count). The maximum absolute atomic E-state index is 13.6. The van der Waals surface area contributed by atoms with E-state index in [1.807, 2.05) is 71.2 Å². The van der Waals surface area contributed by atoms with Crippen LogP contribution in [0.25, 0.3) is 22.4 Å². The van der Waals surface area contributed by atoms with Gasteiger partial charge in [-0.25, -0.2) is 9.36 Å². The molecule has 0 bridgehead atoms. The van der Waals surface area contributed by atoms with Crippen LogP contribution in [0.5, 0.6) is 0 Å². The van der Waals surface area contributed by atoms with Crippen LogP contribution in [0.1, 0.15) is 37.8 Å². The molecule has 192 valence electrons. The largest absolute Gasteiger partial charge is 0.356 e. The number of hydrogen-bond donors (Lipinski definition) is 1. The number of aromatic nitrogens is 5. The Balaban J connectivity index is 1.29. The second-order valence-electron chi connectivity index (χ2n) is 9.29. The monoisotopic (exact) mass is 501 g/mol. The van der Waals surface area contributed by atoms with E-state index in [-0.39, 0.29) is 17.4 Å². The van der Waals surface area contributed by atoms with Gasteiger partial charge in [-0.05, 0) is 50.5 Å². The summed E-state index contributed by atoms with van der Waals surface area (Å²) in [5.74, 6) is 0.791. The highest BCUT2D eigenvalue weighted by atomic mass is 16.2. The van der Waals surface area contributed by atoms with Crippen LogP contribution >= 0.6 is 0 Å². The maximum atomic E-state index is 13.6. The summed E-state index contributed by atoms with van der Waals surface area (Å²) in [7, 11) is 0. The normalized spacial score (nSPS) is 13.5. The van der Waals surface area contributed by atoms with E-state index in [1.165, 1.54) is 4.68 Å². The lowest BCUT2D eigenvalue weighted by molar-refractivity contribution is -0.127. The predicted molar refractivity (Wildman–Crippen MR) is 140 cm³/mol. The van der Waals surface area contributed by atoms with Crippen molar-refractivity contribution in [3.05, 3.63) is 70.9 Å². The van der Waals surface area contributed by atoms with Crippen molar-refractivity contribution < 1.29 is 9.59 Å². The molecule has 1 saturated heterocycles. The molecule has 10 heteroatoms. The van der Waals surface area contributed by atoms with Gasteiger partial charge in [0.2, 0.25) is 11.8 Å². The van der Waals surface area contributed by atoms with Gasteiger partial charge in [-0.2, -0.15) is 10.2 Å². The first kappa shape index (κ1) is 24.5. The van der Waals surface area contributed by atoms with Crippen molar-refractivity contribution in [1.29, 1.82) is 0 Å². The van der Waals surface area contributed by atoms with Crippen molar-refractivity contribution in [2.24, 2.45) is 0 Å². The molecule has 0 aliphatic carbocycles. The third kappa shape index (κ3) is 5.18. The van der Waals surface area contributed by atoms with Gasteiger partial charge in [-0.1, -0.05) is 18.2 Å². The highest BCUT2D eigenvalue weighted by Crippen LogP contribution is 2.24. The zero-order valence-electron chi connectivity index (χ0n) is 21.0. The third-order valence-electron chi connectivity index (χ3n) is 6.64. The average Bonchev–Trinajstić information content (AvgIpc) is 3.65. The van der Waals surface area contributed by atoms with Gasteiger partial charge in [0.1, 0.15) is 10.9 Å². The molecule has 2 amide bonds. The highest BCUT2D eigenvalue weighted by molar-refractivity contribution is 5.87. The standard InChI is InChI=1S/C27H31N7O3/c1-20-25-24(26(32-15-5-6-16-32)34(30-25)21-10-3-2-4-11-21)27(37)33(29-20)19-7-12-22(35)28-14-9-18-31-17-8-13-23(31)36/h2-6,10-11,15-16H,7-9,12-14,17-19H2,1H3,(H,28,35). The van der Waals surface area contributed by atoms with Crippen LogP contribution < -0.4 is 10.9 Å². The molecule has 4 aromatic rings. The minimum atomic E-state index is -0.234. The van der Waals surface area contributed by atoms with Gasteiger partial charge in [-0.15, -0.1) is 0 Å². The predicted octanol–water partition coefficient (Wildman–Crippen LogP) is 2.59. The number of carbonyl (C=O) groups excluding carboxylic acids is 2. The van der Waals surface area contributed by atoms with Gasteiger partial charge in [-0.3, -0.25) is 14.4 Å². The molecule has 4 heterocycles. The Kier molecular flexibility index (Phi) is 7.16. The number of aryl methyl sites for hydroxylation is 2. The number of nitrogens with one attached hydrogen (secondary N) is 1. The smallest absolute Gasteiger partial charge is 0.280 e. The van der Waals surface area contributed by atoms with E-state index < -0.39 is 0 Å². The lowest BCUT2D eigenvalue weighted by atomic mass is 10.2. The number of amides is 2. The molecule has 37 heavy (non-hydrogen) atoms. The van der Waals surface area contributed by atoms with Crippen molar-refractivity contribution >= 4 is 22.7 Å². The van der Waals surface area contributed by atoms with Gasteiger partial charge in [0.15, 0.2) is 5.82 Å². The first-order valence-corrected chi connectivity index (χ1v) is 12.8. The van der Waals surface area contributed by atoms with Crippen molar-refractivity contribution in [1.82, 2.24) is 34.3 Å². The van der Waals surface area contributed by atoms with Gasteiger partial charge in [0.25, 0.3) is 5.56 Å². The van der Waals surface area contributed by atoms with E-state index >= 15 is 0 Å². The summed E-state index contributed by atoms with van der Waals surface area (Å²) in [5.41, 5.74) is 1.82. The molecule has 10 nitrogen and oxygen atoms in total. The van der Waals surface area contributed by atoms with Gasteiger partial charge in [0.05, 0.1) is 11.4 Å². The number of carbonyl (C=O) groups is 2. The van der Waals surface area contributed by atoms with E-state index in [4.69, 9.17) is 5.10 Å². The molecule has 1 aromatic carbocycles. The second-order valence-corrected chi connectivity index (χ2v) is 9.29. The van der Waals surface area contributed by atoms with Crippen molar-refractivity contribution in [3.63, 3.8) is 0 Å². The Hall–Kier alpha value is -4.21. The highest BCUT2D eigenvalue weighted by Gasteiger charge is 2.22. The number of para-hydroxylation sites is 1. The van der Waals surface area contributed by atoms with Crippen LogP contribution in [-0.2, 0) is 16.1 Å². The summed E-state index contributed by atoms with van der Waals surface area (Å²) in [4.78, 5) is 39.4. The lowest BCUT2D eigenvalue weighted by Gasteiger charge is -2.15. The summed E-state index contributed by atoms with van der Waals surface area (Å²) in [5, 5.41) is 12.7. The molecule has 0 spiro atoms. The van der Waals surface area contributed by atoms with E-state index in [2.05, 4.69) is 10.4 Å². The number of benzene rings is 1. The fourth-order valence-electron chi connectivity index (χ4n) is 4.79. The molecule has 1 aliphatic heterocycles. The Labute approximate surface area is 214 Å². The van der Waals surface area contributed by atoms with Crippen molar-refractivity contribution in [3.8, 4) is 11.5 Å². The van der Waals surface area contributed by atoms with Crippen LogP contribution in [0.2, 0.25) is 0 Å². The van der Waals surface area contributed by atoms with E-state index in [1.54, 1.807) is 4.68 Å². The Bertz CT molecular complexity index is 1450. The van der Waals surface area contributed by atoms with E-state index in [9.17, 15) is 14.4 Å². The first-order valence-electron chi connectivity index (χ1n) is 12.8. The molecule has 1 N–H and O–H groups in total. The van der Waals surface area contributed by atoms with Crippen LogP contribution in [-0.4, -0.2) is 60.5 Å².